The van der Waals surface area contributed by atoms with Gasteiger partial charge in [0.15, 0.2) is 17.9 Å². The molecule has 7 nitrogen and oxygen atoms in total. The van der Waals surface area contributed by atoms with Gasteiger partial charge in [-0.15, -0.1) is 8.78 Å². The molecule has 0 radical (unpaired) electrons. The van der Waals surface area contributed by atoms with Crippen LogP contribution >= 0.6 is 11.6 Å². The highest BCUT2D eigenvalue weighted by Gasteiger charge is 2.50. The Hall–Kier alpha value is -2.46. The highest BCUT2D eigenvalue weighted by Crippen LogP contribution is 2.42. The zero-order valence-electron chi connectivity index (χ0n) is 18.1. The number of aliphatic hydroxyl groups is 1. The molecule has 1 fully saturated rings. The van der Waals surface area contributed by atoms with Crippen LogP contribution in [0.2, 0.25) is 5.02 Å². The number of halogens is 3. The number of amides is 1. The molecule has 0 aromatic heterocycles. The molecule has 1 saturated heterocycles. The third kappa shape index (κ3) is 4.91. The second-order valence-electron chi connectivity index (χ2n) is 8.12. The van der Waals surface area contributed by atoms with Crippen molar-refractivity contribution < 1.29 is 32.9 Å². The molecule has 0 bridgehead atoms. The number of fused-ring (bicyclic) bond motifs is 1. The van der Waals surface area contributed by atoms with Crippen LogP contribution < -0.4 is 14.8 Å². The Morgan fingerprint density at radius 1 is 1.24 bits per heavy atom. The standard InChI is InChI=1S/C23H25ClF2N2O5/c1-13(15-7-9-19-20(11-15)33-23(25,26)32-19)27-22(31-2)28-18(12-29)17(21(28)30)8-6-14-4-3-5-16(24)10-14/h3-5,7,9-11,13,17-18,22,27,29H,6,8,12H2,1-2H3/t13?,17-,18?,22?/m1/s1. The quantitative estimate of drug-likeness (QED) is 0.419. The lowest BCUT2D eigenvalue weighted by Gasteiger charge is -2.50. The summed E-state index contributed by atoms with van der Waals surface area (Å²) in [7, 11) is 1.45. The molecule has 3 unspecified atom stereocenters. The van der Waals surface area contributed by atoms with Gasteiger partial charge in [-0.1, -0.05) is 29.8 Å². The number of rotatable bonds is 9. The van der Waals surface area contributed by atoms with Crippen molar-refractivity contribution >= 4 is 17.5 Å². The number of likely N-dealkylation sites (tertiary alicyclic amines) is 1. The van der Waals surface area contributed by atoms with Gasteiger partial charge in [0.05, 0.1) is 18.6 Å². The Morgan fingerprint density at radius 3 is 2.70 bits per heavy atom. The van der Waals surface area contributed by atoms with E-state index in [0.29, 0.717) is 23.4 Å². The van der Waals surface area contributed by atoms with Crippen molar-refractivity contribution in [2.45, 2.75) is 44.5 Å². The zero-order chi connectivity index (χ0) is 23.8. The van der Waals surface area contributed by atoms with Crippen LogP contribution in [0.4, 0.5) is 8.78 Å². The average molecular weight is 483 g/mol. The smallest absolute Gasteiger partial charge is 0.395 e. The van der Waals surface area contributed by atoms with E-state index in [4.69, 9.17) is 16.3 Å². The predicted octanol–water partition coefficient (Wildman–Crippen LogP) is 3.69. The fraction of sp³-hybridized carbons (Fsp3) is 0.435. The highest BCUT2D eigenvalue weighted by molar-refractivity contribution is 6.30. The van der Waals surface area contributed by atoms with E-state index in [9.17, 15) is 18.7 Å². The predicted molar refractivity (Wildman–Crippen MR) is 116 cm³/mol. The number of β-lactam (4-membered cyclic amide) rings is 1. The van der Waals surface area contributed by atoms with Crippen LogP contribution in [0.3, 0.4) is 0 Å². The Morgan fingerprint density at radius 2 is 2.00 bits per heavy atom. The van der Waals surface area contributed by atoms with Gasteiger partial charge in [0.25, 0.3) is 0 Å². The van der Waals surface area contributed by atoms with Crippen LogP contribution in [-0.2, 0) is 16.0 Å². The molecule has 2 heterocycles. The summed E-state index contributed by atoms with van der Waals surface area (Å²) in [5.41, 5.74) is 1.66. The molecule has 2 aromatic carbocycles. The average Bonchev–Trinajstić information content (AvgIpc) is 3.09. The van der Waals surface area contributed by atoms with Crippen molar-refractivity contribution in [1.29, 1.82) is 0 Å². The van der Waals surface area contributed by atoms with Crippen LogP contribution in [0.15, 0.2) is 42.5 Å². The molecule has 33 heavy (non-hydrogen) atoms. The Labute approximate surface area is 195 Å². The van der Waals surface area contributed by atoms with Crippen LogP contribution in [0, 0.1) is 5.92 Å². The molecule has 1 amide bonds. The van der Waals surface area contributed by atoms with Gasteiger partial charge in [0.1, 0.15) is 0 Å². The van der Waals surface area contributed by atoms with Gasteiger partial charge in [0, 0.05) is 18.2 Å². The van der Waals surface area contributed by atoms with E-state index in [1.54, 1.807) is 19.1 Å². The van der Waals surface area contributed by atoms with Gasteiger partial charge >= 0.3 is 6.29 Å². The van der Waals surface area contributed by atoms with Gasteiger partial charge in [-0.2, -0.15) is 0 Å². The lowest BCUT2D eigenvalue weighted by molar-refractivity contribution is -0.286. The molecule has 0 saturated carbocycles. The van der Waals surface area contributed by atoms with E-state index in [1.807, 2.05) is 18.2 Å². The maximum atomic E-state index is 13.3. The highest BCUT2D eigenvalue weighted by atomic mass is 35.5. The van der Waals surface area contributed by atoms with Crippen molar-refractivity contribution in [2.24, 2.45) is 5.92 Å². The number of nitrogens with zero attached hydrogens (tertiary/aromatic N) is 1. The van der Waals surface area contributed by atoms with Crippen molar-refractivity contribution in [3.05, 3.63) is 58.6 Å². The molecule has 0 aliphatic carbocycles. The molecule has 4 atom stereocenters. The number of methoxy groups -OCH3 is 1. The molecule has 4 rings (SSSR count). The van der Waals surface area contributed by atoms with E-state index in [2.05, 4.69) is 14.8 Å². The molecule has 2 aliphatic heterocycles. The van der Waals surface area contributed by atoms with Gasteiger partial charge in [-0.3, -0.25) is 15.0 Å². The first-order valence-electron chi connectivity index (χ1n) is 10.6. The number of nitrogens with one attached hydrogen (secondary N) is 1. The SMILES string of the molecule is COC(NC(C)c1ccc2c(c1)OC(F)(F)O2)N1C(=O)[C@H](CCc2cccc(Cl)c2)C1CO. The van der Waals surface area contributed by atoms with Crippen LogP contribution in [-0.4, -0.2) is 48.3 Å². The summed E-state index contributed by atoms with van der Waals surface area (Å²) in [5, 5.41) is 13.7. The zero-order valence-corrected chi connectivity index (χ0v) is 18.9. The summed E-state index contributed by atoms with van der Waals surface area (Å²) in [6, 6.07) is 11.2. The molecule has 10 heteroatoms. The first-order chi connectivity index (χ1) is 15.7. The molecule has 2 aliphatic rings. The largest absolute Gasteiger partial charge is 0.586 e. The first kappa shape index (κ1) is 23.7. The van der Waals surface area contributed by atoms with Crippen molar-refractivity contribution in [3.8, 4) is 11.5 Å². The molecular formula is C23H25ClF2N2O5. The number of alkyl halides is 2. The van der Waals surface area contributed by atoms with Crippen molar-refractivity contribution in [2.75, 3.05) is 13.7 Å². The monoisotopic (exact) mass is 482 g/mol. The molecular weight excluding hydrogens is 458 g/mol. The summed E-state index contributed by atoms with van der Waals surface area (Å²) in [6.45, 7) is 1.59. The minimum Gasteiger partial charge on any atom is -0.395 e. The van der Waals surface area contributed by atoms with E-state index in [-0.39, 0.29) is 36.0 Å². The Kier molecular flexibility index (Phi) is 6.76. The molecule has 2 aromatic rings. The van der Waals surface area contributed by atoms with E-state index >= 15 is 0 Å². The summed E-state index contributed by atoms with van der Waals surface area (Å²) >= 11 is 6.03. The van der Waals surface area contributed by atoms with E-state index < -0.39 is 18.7 Å². The normalized spacial score (nSPS) is 22.7. The number of hydrogen-bond acceptors (Lipinski definition) is 6. The summed E-state index contributed by atoms with van der Waals surface area (Å²) in [5.74, 6) is -0.570. The van der Waals surface area contributed by atoms with Crippen LogP contribution in [0.5, 0.6) is 11.5 Å². The van der Waals surface area contributed by atoms with Crippen LogP contribution in [0.25, 0.3) is 0 Å². The van der Waals surface area contributed by atoms with Gasteiger partial charge in [-0.25, -0.2) is 0 Å². The maximum absolute atomic E-state index is 13.3. The number of benzene rings is 2. The number of aryl methyl sites for hydroxylation is 1. The second-order valence-corrected chi connectivity index (χ2v) is 8.56. The number of carbonyl (C=O) groups is 1. The van der Waals surface area contributed by atoms with Gasteiger partial charge in [0.2, 0.25) is 5.91 Å². The van der Waals surface area contributed by atoms with Crippen molar-refractivity contribution in [3.63, 3.8) is 0 Å². The number of ether oxygens (including phenoxy) is 3. The maximum Gasteiger partial charge on any atom is 0.586 e. The minimum atomic E-state index is -3.69. The number of carbonyl (C=O) groups excluding carboxylic acids is 1. The Bertz CT molecular complexity index is 1020. The van der Waals surface area contributed by atoms with Crippen LogP contribution in [0.1, 0.15) is 30.5 Å². The molecule has 2 N–H and O–H groups in total. The van der Waals surface area contributed by atoms with Gasteiger partial charge < -0.3 is 19.3 Å². The summed E-state index contributed by atoms with van der Waals surface area (Å²) in [6.07, 6.45) is -3.27. The lowest BCUT2D eigenvalue weighted by Crippen LogP contribution is -2.69. The fourth-order valence-corrected chi connectivity index (χ4v) is 4.49. The third-order valence-corrected chi connectivity index (χ3v) is 6.24. The second kappa shape index (κ2) is 9.42. The third-order valence-electron chi connectivity index (χ3n) is 6.01. The number of hydrogen-bond donors (Lipinski definition) is 2. The summed E-state index contributed by atoms with van der Waals surface area (Å²) in [4.78, 5) is 14.4. The topological polar surface area (TPSA) is 80.3 Å². The Balaban J connectivity index is 1.39. The van der Waals surface area contributed by atoms with Crippen molar-refractivity contribution in [1.82, 2.24) is 10.2 Å². The minimum absolute atomic E-state index is 0.0416. The van der Waals surface area contributed by atoms with E-state index in [0.717, 1.165) is 5.56 Å². The number of aliphatic hydroxyl groups excluding tert-OH is 1. The summed E-state index contributed by atoms with van der Waals surface area (Å²) < 4.78 is 41.0. The molecule has 178 valence electrons. The van der Waals surface area contributed by atoms with Gasteiger partial charge in [-0.05, 0) is 55.2 Å². The fourth-order valence-electron chi connectivity index (χ4n) is 4.27. The van der Waals surface area contributed by atoms with E-state index in [1.165, 1.54) is 24.1 Å². The molecule has 0 spiro atoms. The first-order valence-corrected chi connectivity index (χ1v) is 11.0. The lowest BCUT2D eigenvalue weighted by atomic mass is 9.83.